The molecule has 1 unspecified atom stereocenters. The van der Waals surface area contributed by atoms with Crippen LogP contribution in [0.15, 0.2) is 18.2 Å². The van der Waals surface area contributed by atoms with E-state index in [0.29, 0.717) is 11.8 Å². The third-order valence-corrected chi connectivity index (χ3v) is 3.08. The maximum atomic E-state index is 5.63. The quantitative estimate of drug-likeness (QED) is 0.847. The third-order valence-electron chi connectivity index (χ3n) is 3.08. The molecular weight excluding hydrogens is 216 g/mol. The van der Waals surface area contributed by atoms with Crippen LogP contribution in [0.4, 0.5) is 0 Å². The Kier molecular flexibility index (Phi) is 4.62. The van der Waals surface area contributed by atoms with Crippen LogP contribution >= 0.6 is 0 Å². The monoisotopic (exact) mass is 236 g/mol. The minimum Gasteiger partial charge on any atom is -0.481 e. The smallest absolute Gasteiger partial charge is 0.216 e. The second-order valence-electron chi connectivity index (χ2n) is 4.37. The van der Waals surface area contributed by atoms with Crippen LogP contribution < -0.4 is 14.8 Å². The predicted octanol–water partition coefficient (Wildman–Crippen LogP) is 1.86. The summed E-state index contributed by atoms with van der Waals surface area (Å²) in [6.45, 7) is 3.01. The van der Waals surface area contributed by atoms with Gasteiger partial charge in [-0.3, -0.25) is 0 Å². The molecule has 1 aromatic heterocycles. The van der Waals surface area contributed by atoms with Crippen LogP contribution in [0.25, 0.3) is 0 Å². The second-order valence-corrected chi connectivity index (χ2v) is 4.37. The van der Waals surface area contributed by atoms with Gasteiger partial charge in [-0.2, -0.15) is 4.98 Å². The van der Waals surface area contributed by atoms with E-state index in [1.165, 1.54) is 12.8 Å². The van der Waals surface area contributed by atoms with Crippen molar-refractivity contribution < 1.29 is 9.47 Å². The zero-order valence-electron chi connectivity index (χ0n) is 10.3. The summed E-state index contributed by atoms with van der Waals surface area (Å²) in [5.74, 6) is 1.99. The lowest BCUT2D eigenvalue weighted by Gasteiger charge is -2.22. The summed E-state index contributed by atoms with van der Waals surface area (Å²) < 4.78 is 10.7. The maximum Gasteiger partial charge on any atom is 0.216 e. The molecule has 0 aliphatic carbocycles. The average Bonchev–Trinajstić information content (AvgIpc) is 2.40. The number of nitrogens with one attached hydrogen (secondary N) is 1. The number of rotatable bonds is 5. The van der Waals surface area contributed by atoms with Gasteiger partial charge in [-0.25, -0.2) is 0 Å². The summed E-state index contributed by atoms with van der Waals surface area (Å²) in [7, 11) is 1.61. The van der Waals surface area contributed by atoms with E-state index in [1.807, 2.05) is 18.2 Å². The molecule has 0 radical (unpaired) electrons. The van der Waals surface area contributed by atoms with Crippen LogP contribution in [0.5, 0.6) is 11.8 Å². The molecule has 17 heavy (non-hydrogen) atoms. The van der Waals surface area contributed by atoms with E-state index in [4.69, 9.17) is 9.47 Å². The summed E-state index contributed by atoms with van der Waals surface area (Å²) in [6, 6.07) is 5.57. The number of hydrogen-bond acceptors (Lipinski definition) is 4. The Balaban J connectivity index is 1.73. The van der Waals surface area contributed by atoms with Gasteiger partial charge in [0.25, 0.3) is 0 Å². The van der Waals surface area contributed by atoms with Gasteiger partial charge in [-0.1, -0.05) is 6.07 Å². The number of hydrogen-bond donors (Lipinski definition) is 1. The molecule has 1 aromatic rings. The average molecular weight is 236 g/mol. The highest BCUT2D eigenvalue weighted by molar-refractivity contribution is 5.19. The number of pyridine rings is 1. The Hall–Kier alpha value is -1.29. The third kappa shape index (κ3) is 3.89. The van der Waals surface area contributed by atoms with E-state index >= 15 is 0 Å². The van der Waals surface area contributed by atoms with Crippen molar-refractivity contribution in [2.75, 3.05) is 26.8 Å². The molecule has 1 atom stereocenters. The van der Waals surface area contributed by atoms with Crippen molar-refractivity contribution in [3.8, 4) is 11.8 Å². The van der Waals surface area contributed by atoms with Crippen LogP contribution in [0.2, 0.25) is 0 Å². The highest BCUT2D eigenvalue weighted by atomic mass is 16.5. The van der Waals surface area contributed by atoms with Gasteiger partial charge in [0.2, 0.25) is 11.8 Å². The van der Waals surface area contributed by atoms with Crippen molar-refractivity contribution in [2.24, 2.45) is 5.92 Å². The van der Waals surface area contributed by atoms with Crippen molar-refractivity contribution in [1.29, 1.82) is 0 Å². The van der Waals surface area contributed by atoms with Gasteiger partial charge in [0.15, 0.2) is 0 Å². The van der Waals surface area contributed by atoms with E-state index in [2.05, 4.69) is 10.3 Å². The number of nitrogens with zero attached hydrogens (tertiary/aromatic N) is 1. The minimum atomic E-state index is 0.599. The Morgan fingerprint density at radius 2 is 2.29 bits per heavy atom. The molecule has 2 rings (SSSR count). The molecule has 1 aliphatic heterocycles. The molecule has 1 N–H and O–H groups in total. The van der Waals surface area contributed by atoms with Gasteiger partial charge in [-0.15, -0.1) is 0 Å². The lowest BCUT2D eigenvalue weighted by Crippen LogP contribution is -2.30. The Morgan fingerprint density at radius 3 is 3.06 bits per heavy atom. The van der Waals surface area contributed by atoms with Gasteiger partial charge < -0.3 is 14.8 Å². The van der Waals surface area contributed by atoms with Crippen molar-refractivity contribution in [2.45, 2.75) is 19.3 Å². The standard InChI is InChI=1S/C13H20N2O2/c1-16-12-5-2-6-13(15-12)17-9-7-11-4-3-8-14-10-11/h2,5-6,11,14H,3-4,7-10H2,1H3. The highest BCUT2D eigenvalue weighted by Gasteiger charge is 2.12. The fourth-order valence-corrected chi connectivity index (χ4v) is 2.09. The first-order valence-corrected chi connectivity index (χ1v) is 6.23. The van der Waals surface area contributed by atoms with Crippen molar-refractivity contribution in [1.82, 2.24) is 10.3 Å². The normalized spacial score (nSPS) is 19.9. The van der Waals surface area contributed by atoms with Gasteiger partial charge in [-0.05, 0) is 38.3 Å². The Morgan fingerprint density at radius 1 is 1.41 bits per heavy atom. The first kappa shape index (κ1) is 12.2. The molecule has 1 fully saturated rings. The number of aromatic nitrogens is 1. The summed E-state index contributed by atoms with van der Waals surface area (Å²) in [6.07, 6.45) is 3.68. The van der Waals surface area contributed by atoms with Crippen LogP contribution in [-0.4, -0.2) is 31.8 Å². The molecule has 1 aliphatic rings. The number of ether oxygens (including phenoxy) is 2. The molecule has 4 nitrogen and oxygen atoms in total. The van der Waals surface area contributed by atoms with Crippen molar-refractivity contribution >= 4 is 0 Å². The molecule has 0 saturated carbocycles. The van der Waals surface area contributed by atoms with Crippen molar-refractivity contribution in [3.05, 3.63) is 18.2 Å². The van der Waals surface area contributed by atoms with E-state index < -0.39 is 0 Å². The summed E-state index contributed by atoms with van der Waals surface area (Å²) in [4.78, 5) is 4.21. The zero-order valence-corrected chi connectivity index (χ0v) is 10.3. The lowest BCUT2D eigenvalue weighted by atomic mass is 9.97. The van der Waals surface area contributed by atoms with Gasteiger partial charge in [0.1, 0.15) is 0 Å². The first-order chi connectivity index (χ1) is 8.38. The van der Waals surface area contributed by atoms with Gasteiger partial charge in [0, 0.05) is 12.1 Å². The maximum absolute atomic E-state index is 5.63. The molecule has 0 amide bonds. The minimum absolute atomic E-state index is 0.599. The number of methoxy groups -OCH3 is 1. The Labute approximate surface area is 102 Å². The molecule has 4 heteroatoms. The molecule has 1 saturated heterocycles. The fourth-order valence-electron chi connectivity index (χ4n) is 2.09. The fraction of sp³-hybridized carbons (Fsp3) is 0.615. The molecule has 2 heterocycles. The van der Waals surface area contributed by atoms with E-state index in [-0.39, 0.29) is 0 Å². The summed E-state index contributed by atoms with van der Waals surface area (Å²) in [5, 5.41) is 3.41. The highest BCUT2D eigenvalue weighted by Crippen LogP contribution is 2.16. The van der Waals surface area contributed by atoms with Crippen molar-refractivity contribution in [3.63, 3.8) is 0 Å². The molecule has 0 aromatic carbocycles. The first-order valence-electron chi connectivity index (χ1n) is 6.23. The number of piperidine rings is 1. The molecule has 0 spiro atoms. The van der Waals surface area contributed by atoms with Crippen LogP contribution in [0.3, 0.4) is 0 Å². The topological polar surface area (TPSA) is 43.4 Å². The second kappa shape index (κ2) is 6.45. The van der Waals surface area contributed by atoms with Gasteiger partial charge in [0.05, 0.1) is 13.7 Å². The van der Waals surface area contributed by atoms with Gasteiger partial charge >= 0.3 is 0 Å². The summed E-state index contributed by atoms with van der Waals surface area (Å²) in [5.41, 5.74) is 0. The largest absolute Gasteiger partial charge is 0.481 e. The lowest BCUT2D eigenvalue weighted by molar-refractivity contribution is 0.245. The van der Waals surface area contributed by atoms with Crippen LogP contribution in [-0.2, 0) is 0 Å². The zero-order chi connectivity index (χ0) is 11.9. The molecule has 0 bridgehead atoms. The van der Waals surface area contributed by atoms with E-state index in [9.17, 15) is 0 Å². The van der Waals surface area contributed by atoms with E-state index in [0.717, 1.165) is 32.0 Å². The SMILES string of the molecule is COc1cccc(OCCC2CCCNC2)n1. The predicted molar refractivity (Wildman–Crippen MR) is 66.5 cm³/mol. The Bertz CT molecular complexity index is 338. The molecule has 94 valence electrons. The van der Waals surface area contributed by atoms with E-state index in [1.54, 1.807) is 7.11 Å². The molecular formula is C13H20N2O2. The van der Waals surface area contributed by atoms with Crippen LogP contribution in [0.1, 0.15) is 19.3 Å². The van der Waals surface area contributed by atoms with Crippen LogP contribution in [0, 0.1) is 5.92 Å². The summed E-state index contributed by atoms with van der Waals surface area (Å²) >= 11 is 0.